The van der Waals surface area contributed by atoms with E-state index in [1.54, 1.807) is 6.42 Å². The lowest BCUT2D eigenvalue weighted by Gasteiger charge is -2.21. The molecule has 4 heteroatoms. The molecule has 2 aliphatic carbocycles. The fourth-order valence-electron chi connectivity index (χ4n) is 3.29. The topological polar surface area (TPSA) is 52.6 Å². The molecule has 0 amide bonds. The highest BCUT2D eigenvalue weighted by Crippen LogP contribution is 2.22. The van der Waals surface area contributed by atoms with Gasteiger partial charge in [-0.05, 0) is 57.8 Å². The zero-order valence-corrected chi connectivity index (χ0v) is 13.6. The molecule has 22 heavy (non-hydrogen) atoms. The Hall–Kier alpha value is -1.19. The molecule has 0 saturated heterocycles. The van der Waals surface area contributed by atoms with E-state index in [1.165, 1.54) is 25.7 Å². The zero-order valence-electron chi connectivity index (χ0n) is 13.6. The molecule has 0 aliphatic heterocycles. The normalized spacial score (nSPS) is 20.4. The average Bonchev–Trinajstić information content (AvgIpc) is 2.53. The molecule has 0 N–H and O–H groups in total. The van der Waals surface area contributed by atoms with Crippen LogP contribution >= 0.6 is 0 Å². The summed E-state index contributed by atoms with van der Waals surface area (Å²) in [6.45, 7) is 0. The Morgan fingerprint density at radius 2 is 1.36 bits per heavy atom. The molecule has 2 aliphatic rings. The largest absolute Gasteiger partial charge is 0.496 e. The van der Waals surface area contributed by atoms with Gasteiger partial charge in [0.05, 0.1) is 0 Å². The van der Waals surface area contributed by atoms with Crippen molar-refractivity contribution in [2.24, 2.45) is 0 Å². The van der Waals surface area contributed by atoms with Gasteiger partial charge in [-0.2, -0.15) is 4.79 Å². The predicted molar refractivity (Wildman–Crippen MR) is 84.1 cm³/mol. The van der Waals surface area contributed by atoms with Gasteiger partial charge in [-0.15, -0.1) is 0 Å². The van der Waals surface area contributed by atoms with E-state index in [2.05, 4.69) is 0 Å². The molecule has 2 rings (SSSR count). The van der Waals surface area contributed by atoms with Gasteiger partial charge >= 0.3 is 11.9 Å². The first-order valence-corrected chi connectivity index (χ1v) is 8.97. The third kappa shape index (κ3) is 6.71. The Kier molecular flexibility index (Phi) is 7.61. The van der Waals surface area contributed by atoms with Crippen LogP contribution in [0.5, 0.6) is 0 Å². The van der Waals surface area contributed by atoms with Crippen LogP contribution in [0.3, 0.4) is 0 Å². The summed E-state index contributed by atoms with van der Waals surface area (Å²) in [6.07, 6.45) is 14.6. The summed E-state index contributed by atoms with van der Waals surface area (Å²) >= 11 is 0. The second-order valence-corrected chi connectivity index (χ2v) is 6.54. The minimum absolute atomic E-state index is 0.105. The van der Waals surface area contributed by atoms with Gasteiger partial charge in [-0.25, -0.2) is 0 Å². The van der Waals surface area contributed by atoms with E-state index in [4.69, 9.17) is 9.47 Å². The van der Waals surface area contributed by atoms with Crippen molar-refractivity contribution in [3.63, 3.8) is 0 Å². The minimum atomic E-state index is -0.229. The summed E-state index contributed by atoms with van der Waals surface area (Å²) in [5, 5.41) is 0. The Morgan fingerprint density at radius 1 is 0.818 bits per heavy atom. The number of hydrogen-bond donors (Lipinski definition) is 0. The highest BCUT2D eigenvalue weighted by molar-refractivity contribution is 5.79. The van der Waals surface area contributed by atoms with Crippen molar-refractivity contribution in [1.29, 1.82) is 0 Å². The minimum Gasteiger partial charge on any atom is -0.462 e. The highest BCUT2D eigenvalue weighted by atomic mass is 16.5. The van der Waals surface area contributed by atoms with Crippen LogP contribution in [0.25, 0.3) is 0 Å². The predicted octanol–water partition coefficient (Wildman–Crippen LogP) is 4.11. The van der Waals surface area contributed by atoms with E-state index >= 15 is 0 Å². The van der Waals surface area contributed by atoms with Crippen molar-refractivity contribution >= 4 is 11.9 Å². The Labute approximate surface area is 133 Å². The highest BCUT2D eigenvalue weighted by Gasteiger charge is 2.23. The zero-order chi connectivity index (χ0) is 15.6. The number of rotatable bonds is 7. The van der Waals surface area contributed by atoms with Gasteiger partial charge in [0.1, 0.15) is 18.6 Å². The molecule has 0 bridgehead atoms. The molecule has 0 aromatic rings. The first-order valence-electron chi connectivity index (χ1n) is 8.97. The smallest absolute Gasteiger partial charge is 0.462 e. The van der Waals surface area contributed by atoms with Gasteiger partial charge in [-0.3, -0.25) is 4.79 Å². The Morgan fingerprint density at radius 3 is 1.95 bits per heavy atom. The molecule has 0 aromatic carbocycles. The third-order valence-corrected chi connectivity index (χ3v) is 4.58. The van der Waals surface area contributed by atoms with Gasteiger partial charge in [0, 0.05) is 6.42 Å². The van der Waals surface area contributed by atoms with Gasteiger partial charge < -0.3 is 9.47 Å². The maximum absolute atomic E-state index is 11.7. The lowest BCUT2D eigenvalue weighted by molar-refractivity contribution is -0.151. The molecule has 4 nitrogen and oxygen atoms in total. The molecule has 0 spiro atoms. The third-order valence-electron chi connectivity index (χ3n) is 4.58. The fraction of sp³-hybridized carbons (Fsp3) is 0.833. The summed E-state index contributed by atoms with van der Waals surface area (Å²) < 4.78 is 10.9. The lowest BCUT2D eigenvalue weighted by Crippen LogP contribution is -2.21. The van der Waals surface area contributed by atoms with Crippen LogP contribution in [0.1, 0.15) is 83.5 Å². The monoisotopic (exact) mass is 309 g/mol. The summed E-state index contributed by atoms with van der Waals surface area (Å²) in [7, 11) is 0. The molecule has 2 saturated carbocycles. The van der Waals surface area contributed by atoms with E-state index in [0.717, 1.165) is 38.5 Å². The molecule has 124 valence electrons. The van der Waals surface area contributed by atoms with Crippen LogP contribution < -0.4 is 0 Å². The van der Waals surface area contributed by atoms with Crippen molar-refractivity contribution in [3.05, 3.63) is 6.42 Å². The second kappa shape index (κ2) is 9.75. The van der Waals surface area contributed by atoms with Crippen LogP contribution in [0.4, 0.5) is 0 Å². The van der Waals surface area contributed by atoms with Crippen molar-refractivity contribution in [1.82, 2.24) is 0 Å². The molecular weight excluding hydrogens is 280 g/mol. The molecule has 0 radical (unpaired) electrons. The number of carbonyl (C=O) groups is 2. The summed E-state index contributed by atoms with van der Waals surface area (Å²) in [6, 6.07) is 0. The van der Waals surface area contributed by atoms with E-state index in [1.807, 2.05) is 0 Å². The van der Waals surface area contributed by atoms with Crippen LogP contribution in [0, 0.1) is 6.42 Å². The van der Waals surface area contributed by atoms with E-state index in [0.29, 0.717) is 19.3 Å². The van der Waals surface area contributed by atoms with Crippen LogP contribution in [-0.4, -0.2) is 24.1 Å². The first-order chi connectivity index (χ1) is 10.7. The average molecular weight is 309 g/mol. The summed E-state index contributed by atoms with van der Waals surface area (Å²) in [5.74, 6) is -0.353. The van der Waals surface area contributed by atoms with Crippen molar-refractivity contribution in [2.75, 3.05) is 0 Å². The number of ether oxygens (including phenoxy) is 2. The summed E-state index contributed by atoms with van der Waals surface area (Å²) in [4.78, 5) is 23.4. The van der Waals surface area contributed by atoms with Gasteiger partial charge in [-0.1, -0.05) is 12.8 Å². The van der Waals surface area contributed by atoms with Crippen LogP contribution in [-0.2, 0) is 19.1 Å². The molecule has 0 heterocycles. The van der Waals surface area contributed by atoms with Crippen molar-refractivity contribution < 1.29 is 19.1 Å². The SMILES string of the molecule is O=C([CH+]CCCC(=O)OC1CCCCC1)OC1CCCCC1. The van der Waals surface area contributed by atoms with E-state index in [-0.39, 0.29) is 24.1 Å². The van der Waals surface area contributed by atoms with E-state index in [9.17, 15) is 9.59 Å². The fourth-order valence-corrected chi connectivity index (χ4v) is 3.29. The maximum Gasteiger partial charge on any atom is 0.496 e. The standard InChI is InChI=1S/C18H29O4/c19-17(21-15-9-3-1-4-10-15)13-7-8-14-18(20)22-16-11-5-2-6-12-16/h13,15-16H,1-12,14H2/q+1. The Bertz CT molecular complexity index is 307. The number of esters is 2. The van der Waals surface area contributed by atoms with Gasteiger partial charge in [0.15, 0.2) is 6.42 Å². The van der Waals surface area contributed by atoms with Crippen molar-refractivity contribution in [3.8, 4) is 0 Å². The number of unbranched alkanes of at least 4 members (excludes halogenated alkanes) is 1. The molecule has 0 unspecified atom stereocenters. The molecule has 0 aromatic heterocycles. The maximum atomic E-state index is 11.7. The Balaban J connectivity index is 1.48. The first kappa shape index (κ1) is 17.2. The van der Waals surface area contributed by atoms with Gasteiger partial charge in [0.25, 0.3) is 0 Å². The van der Waals surface area contributed by atoms with Crippen LogP contribution in [0.15, 0.2) is 0 Å². The lowest BCUT2D eigenvalue weighted by atomic mass is 9.98. The molecule has 0 atom stereocenters. The van der Waals surface area contributed by atoms with Crippen molar-refractivity contribution in [2.45, 2.75) is 95.7 Å². The van der Waals surface area contributed by atoms with Gasteiger partial charge in [0.2, 0.25) is 0 Å². The summed E-state index contributed by atoms with van der Waals surface area (Å²) in [5.41, 5.74) is 0. The molecular formula is C18H29O4+. The number of hydrogen-bond acceptors (Lipinski definition) is 4. The number of carbonyl (C=O) groups excluding carboxylic acids is 2. The van der Waals surface area contributed by atoms with E-state index < -0.39 is 0 Å². The quantitative estimate of drug-likeness (QED) is 0.403. The second-order valence-electron chi connectivity index (χ2n) is 6.54. The molecule has 2 fully saturated rings. The van der Waals surface area contributed by atoms with Crippen LogP contribution in [0.2, 0.25) is 0 Å².